The second-order valence-corrected chi connectivity index (χ2v) is 9.18. The third-order valence-electron chi connectivity index (χ3n) is 6.53. The van der Waals surface area contributed by atoms with Gasteiger partial charge in [0, 0.05) is 23.1 Å². The van der Waals surface area contributed by atoms with Crippen molar-refractivity contribution in [3.05, 3.63) is 35.5 Å². The smallest absolute Gasteiger partial charge is 0.336 e. The molecule has 0 amide bonds. The summed E-state index contributed by atoms with van der Waals surface area (Å²) in [4.78, 5) is 11.6. The summed E-state index contributed by atoms with van der Waals surface area (Å²) < 4.78 is 2.37. The van der Waals surface area contributed by atoms with Crippen molar-refractivity contribution in [1.82, 2.24) is 4.57 Å². The molecule has 2 rings (SSSR count). The minimum absolute atomic E-state index is 0.430. The molecule has 2 aromatic rings. The molecular weight excluding hydrogens is 382 g/mol. The molecule has 31 heavy (non-hydrogen) atoms. The van der Waals surface area contributed by atoms with Gasteiger partial charge >= 0.3 is 5.97 Å². The molecule has 0 radical (unpaired) electrons. The Bertz CT molecular complexity index is 762. The number of rotatable bonds is 18. The number of benzene rings is 1. The van der Waals surface area contributed by atoms with Crippen molar-refractivity contribution in [2.24, 2.45) is 0 Å². The molecule has 0 unspecified atom stereocenters. The maximum atomic E-state index is 11.6. The van der Waals surface area contributed by atoms with E-state index < -0.39 is 5.97 Å². The summed E-state index contributed by atoms with van der Waals surface area (Å²) in [7, 11) is 0. The predicted octanol–water partition coefficient (Wildman–Crippen LogP) is 8.77. The fourth-order valence-electron chi connectivity index (χ4n) is 4.64. The van der Waals surface area contributed by atoms with Gasteiger partial charge in [0.1, 0.15) is 0 Å². The zero-order valence-corrected chi connectivity index (χ0v) is 20.1. The highest BCUT2D eigenvalue weighted by atomic mass is 16.4. The first kappa shape index (κ1) is 25.5. The lowest BCUT2D eigenvalue weighted by molar-refractivity contribution is 0.0699. The monoisotopic (exact) mass is 427 g/mol. The maximum Gasteiger partial charge on any atom is 0.336 e. The van der Waals surface area contributed by atoms with Crippen molar-refractivity contribution >= 4 is 16.9 Å². The minimum Gasteiger partial charge on any atom is -0.478 e. The number of nitrogens with zero attached hydrogens (tertiary/aromatic N) is 1. The summed E-state index contributed by atoms with van der Waals surface area (Å²) in [5.41, 5.74) is 2.82. The van der Waals surface area contributed by atoms with Crippen LogP contribution in [0, 0.1) is 0 Å². The van der Waals surface area contributed by atoms with E-state index >= 15 is 0 Å². The Kier molecular flexibility index (Phi) is 12.4. The molecule has 0 spiro atoms. The lowest BCUT2D eigenvalue weighted by Gasteiger charge is -2.10. The van der Waals surface area contributed by atoms with Gasteiger partial charge in [-0.1, -0.05) is 103 Å². The molecule has 174 valence electrons. The van der Waals surface area contributed by atoms with E-state index in [-0.39, 0.29) is 0 Å². The number of hydrogen-bond donors (Lipinski definition) is 1. The van der Waals surface area contributed by atoms with Gasteiger partial charge in [0.2, 0.25) is 0 Å². The summed E-state index contributed by atoms with van der Waals surface area (Å²) in [6.45, 7) is 5.47. The van der Waals surface area contributed by atoms with Crippen molar-refractivity contribution in [3.63, 3.8) is 0 Å². The average Bonchev–Trinajstić information content (AvgIpc) is 3.12. The van der Waals surface area contributed by atoms with Crippen LogP contribution in [0.15, 0.2) is 24.3 Å². The number of fused-ring (bicyclic) bond motifs is 1. The van der Waals surface area contributed by atoms with Crippen molar-refractivity contribution < 1.29 is 9.90 Å². The zero-order chi connectivity index (χ0) is 22.3. The van der Waals surface area contributed by atoms with E-state index in [9.17, 15) is 9.90 Å². The fourth-order valence-corrected chi connectivity index (χ4v) is 4.64. The number of carboxylic acid groups (broad SMARTS) is 1. The van der Waals surface area contributed by atoms with Crippen LogP contribution in [-0.4, -0.2) is 15.6 Å². The van der Waals surface area contributed by atoms with Gasteiger partial charge in [0.25, 0.3) is 0 Å². The number of aryl methyl sites for hydroxylation is 2. The Morgan fingerprint density at radius 2 is 1.32 bits per heavy atom. The Morgan fingerprint density at radius 3 is 1.87 bits per heavy atom. The molecule has 1 aromatic heterocycles. The summed E-state index contributed by atoms with van der Waals surface area (Å²) in [6, 6.07) is 7.81. The van der Waals surface area contributed by atoms with Gasteiger partial charge in [-0.3, -0.25) is 0 Å². The summed E-state index contributed by atoms with van der Waals surface area (Å²) in [6.07, 6.45) is 21.1. The quantitative estimate of drug-likeness (QED) is 0.241. The van der Waals surface area contributed by atoms with E-state index in [4.69, 9.17) is 0 Å². The Morgan fingerprint density at radius 1 is 0.774 bits per heavy atom. The average molecular weight is 428 g/mol. The van der Waals surface area contributed by atoms with Crippen LogP contribution < -0.4 is 0 Å². The number of carbonyl (C=O) groups is 1. The highest BCUT2D eigenvalue weighted by molar-refractivity contribution is 6.03. The molecule has 0 atom stereocenters. The minimum atomic E-state index is -0.828. The molecule has 1 N–H and O–H groups in total. The molecule has 1 heterocycles. The fraction of sp³-hybridized carbons (Fsp3) is 0.679. The van der Waals surface area contributed by atoms with Crippen LogP contribution in [0.25, 0.3) is 10.9 Å². The molecule has 0 aliphatic carbocycles. The summed E-state index contributed by atoms with van der Waals surface area (Å²) in [5.74, 6) is -0.828. The highest BCUT2D eigenvalue weighted by Crippen LogP contribution is 2.26. The van der Waals surface area contributed by atoms with Crippen LogP contribution in [0.4, 0.5) is 0 Å². The van der Waals surface area contributed by atoms with E-state index in [1.165, 1.54) is 89.2 Å². The molecule has 3 heteroatoms. The lowest BCUT2D eigenvalue weighted by Crippen LogP contribution is -2.03. The Hall–Kier alpha value is -1.77. The van der Waals surface area contributed by atoms with Gasteiger partial charge < -0.3 is 9.67 Å². The molecule has 0 bridgehead atoms. The third kappa shape index (κ3) is 8.71. The van der Waals surface area contributed by atoms with Crippen molar-refractivity contribution in [2.45, 2.75) is 123 Å². The highest BCUT2D eigenvalue weighted by Gasteiger charge is 2.14. The summed E-state index contributed by atoms with van der Waals surface area (Å²) in [5, 5.41) is 10.4. The number of unbranched alkanes of at least 4 members (excludes halogenated alkanes) is 13. The molecule has 0 aliphatic rings. The number of aromatic carboxylic acids is 1. The maximum absolute atomic E-state index is 11.6. The Labute approximate surface area is 190 Å². The predicted molar refractivity (Wildman–Crippen MR) is 133 cm³/mol. The van der Waals surface area contributed by atoms with Crippen LogP contribution in [-0.2, 0) is 13.0 Å². The summed E-state index contributed by atoms with van der Waals surface area (Å²) >= 11 is 0. The third-order valence-corrected chi connectivity index (χ3v) is 6.53. The SMILES string of the molecule is CCCCCCCCCCCCCCCc1cc2c(C(=O)O)cccc2n1CCCC. The Balaban J connectivity index is 1.71. The van der Waals surface area contributed by atoms with E-state index in [0.717, 1.165) is 36.7 Å². The van der Waals surface area contributed by atoms with Crippen molar-refractivity contribution in [2.75, 3.05) is 0 Å². The first-order valence-corrected chi connectivity index (χ1v) is 13.0. The topological polar surface area (TPSA) is 42.2 Å². The normalized spacial score (nSPS) is 11.4. The number of hydrogen-bond acceptors (Lipinski definition) is 1. The molecule has 0 fully saturated rings. The second kappa shape index (κ2) is 15.1. The van der Waals surface area contributed by atoms with Crippen LogP contribution in [0.2, 0.25) is 0 Å². The van der Waals surface area contributed by atoms with E-state index in [0.29, 0.717) is 5.56 Å². The van der Waals surface area contributed by atoms with E-state index in [1.54, 1.807) is 6.07 Å². The number of carboxylic acids is 1. The molecular formula is C28H45NO2. The zero-order valence-electron chi connectivity index (χ0n) is 20.1. The first-order valence-electron chi connectivity index (χ1n) is 13.0. The van der Waals surface area contributed by atoms with Crippen LogP contribution in [0.3, 0.4) is 0 Å². The molecule has 1 aromatic carbocycles. The lowest BCUT2D eigenvalue weighted by atomic mass is 10.0. The first-order chi connectivity index (χ1) is 15.2. The van der Waals surface area contributed by atoms with Gasteiger partial charge in [-0.15, -0.1) is 0 Å². The molecule has 0 saturated carbocycles. The van der Waals surface area contributed by atoms with Gasteiger partial charge in [-0.25, -0.2) is 4.79 Å². The van der Waals surface area contributed by atoms with Gasteiger partial charge in [-0.2, -0.15) is 0 Å². The molecule has 0 aliphatic heterocycles. The van der Waals surface area contributed by atoms with Gasteiger partial charge in [0.05, 0.1) is 5.56 Å². The second-order valence-electron chi connectivity index (χ2n) is 9.18. The largest absolute Gasteiger partial charge is 0.478 e. The van der Waals surface area contributed by atoms with E-state index in [1.807, 2.05) is 6.07 Å². The van der Waals surface area contributed by atoms with Crippen LogP contribution in [0.1, 0.15) is 126 Å². The van der Waals surface area contributed by atoms with E-state index in [2.05, 4.69) is 30.5 Å². The van der Waals surface area contributed by atoms with Gasteiger partial charge in [0.15, 0.2) is 0 Å². The molecule has 3 nitrogen and oxygen atoms in total. The number of aromatic nitrogens is 1. The van der Waals surface area contributed by atoms with Crippen molar-refractivity contribution in [3.8, 4) is 0 Å². The van der Waals surface area contributed by atoms with Crippen LogP contribution in [0.5, 0.6) is 0 Å². The van der Waals surface area contributed by atoms with Crippen molar-refractivity contribution in [1.29, 1.82) is 0 Å². The van der Waals surface area contributed by atoms with Crippen LogP contribution >= 0.6 is 0 Å². The standard InChI is InChI=1S/C28H45NO2/c1-3-5-7-8-9-10-11-12-13-14-15-16-17-19-24-23-26-25(28(30)31)20-18-21-27(26)29(24)22-6-4-2/h18,20-21,23H,3-17,19,22H2,1-2H3,(H,30,31). The van der Waals surface area contributed by atoms with Gasteiger partial charge in [-0.05, 0) is 37.5 Å². The molecule has 0 saturated heterocycles.